The van der Waals surface area contributed by atoms with Gasteiger partial charge in [-0.25, -0.2) is 0 Å². The molecule has 0 amide bonds. The van der Waals surface area contributed by atoms with Gasteiger partial charge in [-0.1, -0.05) is 13.8 Å². The van der Waals surface area contributed by atoms with Crippen molar-refractivity contribution in [2.45, 2.75) is 46.1 Å². The van der Waals surface area contributed by atoms with E-state index in [4.69, 9.17) is 4.74 Å². The highest BCUT2D eigenvalue weighted by molar-refractivity contribution is 4.85. The molecule has 102 valence electrons. The molecule has 1 N–H and O–H groups in total. The molecule has 1 heterocycles. The molecule has 1 saturated heterocycles. The van der Waals surface area contributed by atoms with Gasteiger partial charge >= 0.3 is 0 Å². The molecule has 0 radical (unpaired) electrons. The van der Waals surface area contributed by atoms with Gasteiger partial charge in [-0.15, -0.1) is 0 Å². The van der Waals surface area contributed by atoms with Gasteiger partial charge in [0.25, 0.3) is 0 Å². The molecule has 1 atom stereocenters. The quantitative estimate of drug-likeness (QED) is 0.740. The molecule has 0 aromatic rings. The summed E-state index contributed by atoms with van der Waals surface area (Å²) in [5.74, 6) is 0. The number of hydrogen-bond acceptors (Lipinski definition) is 3. The lowest BCUT2D eigenvalue weighted by Gasteiger charge is -2.40. The summed E-state index contributed by atoms with van der Waals surface area (Å²) >= 11 is 0. The summed E-state index contributed by atoms with van der Waals surface area (Å²) in [4.78, 5) is 2.61. The molecule has 1 fully saturated rings. The van der Waals surface area contributed by atoms with Gasteiger partial charge in [0.05, 0.1) is 6.61 Å². The molecule has 3 nitrogen and oxygen atoms in total. The Labute approximate surface area is 107 Å². The van der Waals surface area contributed by atoms with Crippen LogP contribution in [-0.2, 0) is 4.74 Å². The second-order valence-corrected chi connectivity index (χ2v) is 5.78. The predicted octanol–water partition coefficient (Wildman–Crippen LogP) is 2.12. The van der Waals surface area contributed by atoms with Crippen molar-refractivity contribution in [3.63, 3.8) is 0 Å². The first kappa shape index (κ1) is 14.9. The van der Waals surface area contributed by atoms with Crippen LogP contribution in [0.15, 0.2) is 0 Å². The molecule has 0 bridgehead atoms. The van der Waals surface area contributed by atoms with Crippen LogP contribution in [0.3, 0.4) is 0 Å². The van der Waals surface area contributed by atoms with E-state index in [9.17, 15) is 0 Å². The molecule has 0 aromatic heterocycles. The molecule has 0 aromatic carbocycles. The van der Waals surface area contributed by atoms with Crippen molar-refractivity contribution in [3.8, 4) is 0 Å². The maximum Gasteiger partial charge on any atom is 0.0589 e. The highest BCUT2D eigenvalue weighted by Crippen LogP contribution is 2.29. The number of nitrogens with one attached hydrogen (secondary N) is 1. The van der Waals surface area contributed by atoms with E-state index in [1.54, 1.807) is 7.11 Å². The third-order valence-corrected chi connectivity index (χ3v) is 4.19. The molecule has 1 unspecified atom stereocenters. The molecular weight excluding hydrogens is 212 g/mol. The third kappa shape index (κ3) is 4.94. The Morgan fingerprint density at radius 2 is 2.00 bits per heavy atom. The van der Waals surface area contributed by atoms with Crippen LogP contribution in [0.2, 0.25) is 0 Å². The Bertz CT molecular complexity index is 202. The van der Waals surface area contributed by atoms with E-state index in [0.29, 0.717) is 11.5 Å². The van der Waals surface area contributed by atoms with Gasteiger partial charge in [0.2, 0.25) is 0 Å². The minimum absolute atomic E-state index is 0.489. The standard InChI is InChI=1S/C14H30N2O/c1-5-13(2)16(10-11-17-4)12-14(3)6-8-15-9-7-14/h13,15H,5-12H2,1-4H3. The lowest BCUT2D eigenvalue weighted by molar-refractivity contribution is 0.0694. The summed E-state index contributed by atoms with van der Waals surface area (Å²) in [6, 6.07) is 0.664. The maximum absolute atomic E-state index is 5.24. The zero-order chi connectivity index (χ0) is 12.7. The van der Waals surface area contributed by atoms with Crippen LogP contribution < -0.4 is 5.32 Å². The molecular formula is C14H30N2O. The van der Waals surface area contributed by atoms with E-state index in [2.05, 4.69) is 31.0 Å². The number of methoxy groups -OCH3 is 1. The van der Waals surface area contributed by atoms with Crippen LogP contribution in [0.1, 0.15) is 40.0 Å². The van der Waals surface area contributed by atoms with E-state index in [1.807, 2.05) is 0 Å². The number of rotatable bonds is 7. The first-order valence-corrected chi connectivity index (χ1v) is 7.05. The molecule has 1 aliphatic heterocycles. The Balaban J connectivity index is 2.50. The van der Waals surface area contributed by atoms with Gasteiger partial charge in [0.1, 0.15) is 0 Å². The maximum atomic E-state index is 5.24. The average molecular weight is 242 g/mol. The fraction of sp³-hybridized carbons (Fsp3) is 1.00. The zero-order valence-electron chi connectivity index (χ0n) is 12.1. The summed E-state index contributed by atoms with van der Waals surface area (Å²) in [7, 11) is 1.79. The SMILES string of the molecule is CCC(C)N(CCOC)CC1(C)CCNCC1. The first-order valence-electron chi connectivity index (χ1n) is 7.05. The smallest absolute Gasteiger partial charge is 0.0589 e. The summed E-state index contributed by atoms with van der Waals surface area (Å²) in [5, 5.41) is 3.46. The zero-order valence-corrected chi connectivity index (χ0v) is 12.1. The Morgan fingerprint density at radius 1 is 1.35 bits per heavy atom. The molecule has 0 aliphatic carbocycles. The van der Waals surface area contributed by atoms with Crippen molar-refractivity contribution in [1.29, 1.82) is 0 Å². The van der Waals surface area contributed by atoms with Crippen molar-refractivity contribution in [3.05, 3.63) is 0 Å². The van der Waals surface area contributed by atoms with Crippen LogP contribution >= 0.6 is 0 Å². The Hall–Kier alpha value is -0.120. The highest BCUT2D eigenvalue weighted by Gasteiger charge is 2.30. The van der Waals surface area contributed by atoms with E-state index in [0.717, 1.165) is 13.2 Å². The van der Waals surface area contributed by atoms with Crippen molar-refractivity contribution < 1.29 is 4.74 Å². The number of ether oxygens (including phenoxy) is 1. The first-order chi connectivity index (χ1) is 8.11. The summed E-state index contributed by atoms with van der Waals surface area (Å²) in [5.41, 5.74) is 0.489. The predicted molar refractivity (Wildman–Crippen MR) is 73.4 cm³/mol. The molecule has 1 aliphatic rings. The van der Waals surface area contributed by atoms with Crippen LogP contribution in [0.5, 0.6) is 0 Å². The lowest BCUT2D eigenvalue weighted by atomic mass is 9.80. The van der Waals surface area contributed by atoms with Crippen LogP contribution in [0.25, 0.3) is 0 Å². The highest BCUT2D eigenvalue weighted by atomic mass is 16.5. The van der Waals surface area contributed by atoms with Gasteiger partial charge in [-0.2, -0.15) is 0 Å². The molecule has 0 saturated carbocycles. The van der Waals surface area contributed by atoms with E-state index in [1.165, 1.54) is 38.9 Å². The fourth-order valence-electron chi connectivity index (χ4n) is 2.60. The molecule has 1 rings (SSSR count). The largest absolute Gasteiger partial charge is 0.383 e. The monoisotopic (exact) mass is 242 g/mol. The van der Waals surface area contributed by atoms with Gasteiger partial charge in [-0.05, 0) is 44.7 Å². The van der Waals surface area contributed by atoms with Crippen LogP contribution in [0.4, 0.5) is 0 Å². The third-order valence-electron chi connectivity index (χ3n) is 4.19. The van der Waals surface area contributed by atoms with Crippen molar-refractivity contribution in [2.75, 3.05) is 39.9 Å². The van der Waals surface area contributed by atoms with Gasteiger partial charge in [-0.3, -0.25) is 4.90 Å². The van der Waals surface area contributed by atoms with E-state index < -0.39 is 0 Å². The van der Waals surface area contributed by atoms with Gasteiger partial charge in [0, 0.05) is 26.2 Å². The van der Waals surface area contributed by atoms with E-state index in [-0.39, 0.29) is 0 Å². The summed E-state index contributed by atoms with van der Waals surface area (Å²) in [6.45, 7) is 12.5. The summed E-state index contributed by atoms with van der Waals surface area (Å²) in [6.07, 6.45) is 3.82. The lowest BCUT2D eigenvalue weighted by Crippen LogP contribution is -2.46. The van der Waals surface area contributed by atoms with Crippen molar-refractivity contribution >= 4 is 0 Å². The van der Waals surface area contributed by atoms with Crippen molar-refractivity contribution in [2.24, 2.45) is 5.41 Å². The fourth-order valence-corrected chi connectivity index (χ4v) is 2.60. The van der Waals surface area contributed by atoms with Gasteiger partial charge in [0.15, 0.2) is 0 Å². The Morgan fingerprint density at radius 3 is 2.53 bits per heavy atom. The minimum Gasteiger partial charge on any atom is -0.383 e. The van der Waals surface area contributed by atoms with Crippen LogP contribution in [-0.4, -0.2) is 50.8 Å². The molecule has 0 spiro atoms. The number of piperidine rings is 1. The second kappa shape index (κ2) is 7.34. The average Bonchev–Trinajstić information content (AvgIpc) is 2.34. The second-order valence-electron chi connectivity index (χ2n) is 5.78. The molecule has 17 heavy (non-hydrogen) atoms. The van der Waals surface area contributed by atoms with Crippen molar-refractivity contribution in [1.82, 2.24) is 10.2 Å². The molecule has 3 heteroatoms. The number of hydrogen-bond donors (Lipinski definition) is 1. The minimum atomic E-state index is 0.489. The van der Waals surface area contributed by atoms with E-state index >= 15 is 0 Å². The topological polar surface area (TPSA) is 24.5 Å². The number of nitrogens with zero attached hydrogens (tertiary/aromatic N) is 1. The normalized spacial score (nSPS) is 21.7. The summed E-state index contributed by atoms with van der Waals surface area (Å²) < 4.78 is 5.24. The van der Waals surface area contributed by atoms with Gasteiger partial charge < -0.3 is 10.1 Å². The Kier molecular flexibility index (Phi) is 6.45. The van der Waals surface area contributed by atoms with Crippen LogP contribution in [0, 0.1) is 5.41 Å².